The third kappa shape index (κ3) is 4.99. The highest BCUT2D eigenvalue weighted by Gasteiger charge is 2.23. The van der Waals surface area contributed by atoms with Crippen molar-refractivity contribution in [3.8, 4) is 45.3 Å². The summed E-state index contributed by atoms with van der Waals surface area (Å²) >= 11 is 1.85. The molecule has 266 valence electrons. The van der Waals surface area contributed by atoms with Crippen LogP contribution < -0.4 is 0 Å². The standard InChI is InChI=1S/C52H32N4S/c1-3-13-33(14-4-1)34-23-25-36(26-24-34)45-32-44(35-15-5-2-6-16-35)53-52(54-45)56-47-21-11-8-18-39(47)42-29-28-41-38-17-7-10-20-46(38)55(50(41)51(42)56)37-27-30-49-43(31-37)40-19-9-12-22-48(40)57-49/h1-32H. The topological polar surface area (TPSA) is 35.6 Å². The van der Waals surface area contributed by atoms with E-state index < -0.39 is 0 Å². The van der Waals surface area contributed by atoms with Crippen LogP contribution >= 0.6 is 11.3 Å². The maximum Gasteiger partial charge on any atom is 0.235 e. The Morgan fingerprint density at radius 3 is 1.51 bits per heavy atom. The third-order valence-corrected chi connectivity index (χ3v) is 12.5. The van der Waals surface area contributed by atoms with Crippen molar-refractivity contribution < 1.29 is 0 Å². The zero-order valence-electron chi connectivity index (χ0n) is 30.7. The van der Waals surface area contributed by atoms with Crippen molar-refractivity contribution in [2.24, 2.45) is 0 Å². The summed E-state index contributed by atoms with van der Waals surface area (Å²) in [5, 5.41) is 7.27. The van der Waals surface area contributed by atoms with Crippen molar-refractivity contribution >= 4 is 75.1 Å². The molecule has 4 heterocycles. The maximum atomic E-state index is 5.45. The van der Waals surface area contributed by atoms with Crippen molar-refractivity contribution in [3.05, 3.63) is 194 Å². The largest absolute Gasteiger partial charge is 0.307 e. The molecule has 4 aromatic heterocycles. The Bertz CT molecular complexity index is 3500. The lowest BCUT2D eigenvalue weighted by Gasteiger charge is -2.14. The van der Waals surface area contributed by atoms with E-state index in [1.54, 1.807) is 0 Å². The fourth-order valence-electron chi connectivity index (χ4n) is 8.73. The fraction of sp³-hybridized carbons (Fsp3) is 0. The van der Waals surface area contributed by atoms with Gasteiger partial charge in [0.15, 0.2) is 0 Å². The number of hydrogen-bond donors (Lipinski definition) is 0. The molecule has 0 fully saturated rings. The van der Waals surface area contributed by atoms with Crippen LogP contribution in [0.4, 0.5) is 0 Å². The molecule has 57 heavy (non-hydrogen) atoms. The molecule has 0 saturated heterocycles. The first-order valence-corrected chi connectivity index (χ1v) is 20.1. The molecule has 0 aliphatic carbocycles. The molecule has 0 bridgehead atoms. The number of benzene rings is 8. The number of hydrogen-bond acceptors (Lipinski definition) is 3. The van der Waals surface area contributed by atoms with Gasteiger partial charge in [-0.1, -0.05) is 152 Å². The highest BCUT2D eigenvalue weighted by atomic mass is 32.1. The summed E-state index contributed by atoms with van der Waals surface area (Å²) in [6.07, 6.45) is 0. The van der Waals surface area contributed by atoms with Gasteiger partial charge >= 0.3 is 0 Å². The summed E-state index contributed by atoms with van der Waals surface area (Å²) in [7, 11) is 0. The lowest BCUT2D eigenvalue weighted by Crippen LogP contribution is -2.05. The lowest BCUT2D eigenvalue weighted by atomic mass is 10.0. The van der Waals surface area contributed by atoms with E-state index in [4.69, 9.17) is 9.97 Å². The van der Waals surface area contributed by atoms with Crippen molar-refractivity contribution in [1.29, 1.82) is 0 Å². The van der Waals surface area contributed by atoms with E-state index in [0.29, 0.717) is 5.95 Å². The Kier molecular flexibility index (Phi) is 7.06. The van der Waals surface area contributed by atoms with Gasteiger partial charge in [0.05, 0.1) is 33.5 Å². The molecule has 0 aliphatic rings. The first kappa shape index (κ1) is 32.0. The molecular formula is C52H32N4S. The number of nitrogens with zero attached hydrogens (tertiary/aromatic N) is 4. The minimum absolute atomic E-state index is 0.633. The summed E-state index contributed by atoms with van der Waals surface area (Å²) in [6.45, 7) is 0. The Labute approximate surface area is 332 Å². The molecule has 12 rings (SSSR count). The molecule has 0 unspecified atom stereocenters. The number of aromatic nitrogens is 4. The molecule has 12 aromatic rings. The molecule has 8 aromatic carbocycles. The monoisotopic (exact) mass is 744 g/mol. The van der Waals surface area contributed by atoms with Crippen LogP contribution in [0.3, 0.4) is 0 Å². The van der Waals surface area contributed by atoms with Crippen LogP contribution in [0.25, 0.3) is 109 Å². The van der Waals surface area contributed by atoms with E-state index in [-0.39, 0.29) is 0 Å². The van der Waals surface area contributed by atoms with Crippen molar-refractivity contribution in [3.63, 3.8) is 0 Å². The predicted octanol–water partition coefficient (Wildman–Crippen LogP) is 14.0. The van der Waals surface area contributed by atoms with Gasteiger partial charge in [0.25, 0.3) is 0 Å². The number of para-hydroxylation sites is 2. The van der Waals surface area contributed by atoms with E-state index in [1.165, 1.54) is 42.1 Å². The molecule has 5 heteroatoms. The van der Waals surface area contributed by atoms with Crippen LogP contribution in [-0.2, 0) is 0 Å². The Balaban J connectivity index is 1.18. The second-order valence-corrected chi connectivity index (χ2v) is 15.7. The van der Waals surface area contributed by atoms with Crippen molar-refractivity contribution in [2.75, 3.05) is 0 Å². The van der Waals surface area contributed by atoms with Gasteiger partial charge < -0.3 is 4.57 Å². The summed E-state index contributed by atoms with van der Waals surface area (Å²) in [6, 6.07) is 69.5. The van der Waals surface area contributed by atoms with Crippen LogP contribution in [-0.4, -0.2) is 19.1 Å². The normalized spacial score (nSPS) is 11.9. The zero-order chi connectivity index (χ0) is 37.5. The highest BCUT2D eigenvalue weighted by molar-refractivity contribution is 7.25. The SMILES string of the molecule is c1ccc(-c2ccc(-c3cc(-c4ccccc4)nc(-n4c5ccccc5c5ccc6c7ccccc7n(-c7ccc8sc9ccccc9c8c7)c6c54)n3)cc2)cc1. The molecule has 0 saturated carbocycles. The van der Waals surface area contributed by atoms with Gasteiger partial charge in [-0.3, -0.25) is 4.57 Å². The van der Waals surface area contributed by atoms with Crippen LogP contribution in [0, 0.1) is 0 Å². The molecule has 0 N–H and O–H groups in total. The van der Waals surface area contributed by atoms with E-state index in [1.807, 2.05) is 17.4 Å². The average molecular weight is 745 g/mol. The quantitative estimate of drug-likeness (QED) is 0.176. The Morgan fingerprint density at radius 1 is 0.333 bits per heavy atom. The Hall–Kier alpha value is -7.34. The number of rotatable bonds is 5. The molecule has 0 amide bonds. The molecule has 0 spiro atoms. The van der Waals surface area contributed by atoms with Crippen molar-refractivity contribution in [2.45, 2.75) is 0 Å². The number of fused-ring (bicyclic) bond motifs is 10. The van der Waals surface area contributed by atoms with Gasteiger partial charge in [-0.05, 0) is 53.6 Å². The predicted molar refractivity (Wildman–Crippen MR) is 240 cm³/mol. The smallest absolute Gasteiger partial charge is 0.235 e. The van der Waals surface area contributed by atoms with Gasteiger partial charge in [0.2, 0.25) is 5.95 Å². The first-order chi connectivity index (χ1) is 28.3. The second-order valence-electron chi connectivity index (χ2n) is 14.6. The highest BCUT2D eigenvalue weighted by Crippen LogP contribution is 2.43. The van der Waals surface area contributed by atoms with Gasteiger partial charge in [-0.25, -0.2) is 9.97 Å². The summed E-state index contributed by atoms with van der Waals surface area (Å²) in [5.74, 6) is 0.633. The summed E-state index contributed by atoms with van der Waals surface area (Å²) in [5.41, 5.74) is 11.7. The first-order valence-electron chi connectivity index (χ1n) is 19.2. The van der Waals surface area contributed by atoms with Gasteiger partial charge in [-0.2, -0.15) is 0 Å². The second kappa shape index (κ2) is 12.6. The molecular weight excluding hydrogens is 713 g/mol. The van der Waals surface area contributed by atoms with Gasteiger partial charge in [-0.15, -0.1) is 11.3 Å². The van der Waals surface area contributed by atoms with Gasteiger partial charge in [0, 0.05) is 58.5 Å². The summed E-state index contributed by atoms with van der Waals surface area (Å²) in [4.78, 5) is 10.9. The number of thiophene rings is 1. The third-order valence-electron chi connectivity index (χ3n) is 11.4. The summed E-state index contributed by atoms with van der Waals surface area (Å²) < 4.78 is 7.35. The molecule has 0 aliphatic heterocycles. The Morgan fingerprint density at radius 2 is 0.825 bits per heavy atom. The lowest BCUT2D eigenvalue weighted by molar-refractivity contribution is 0.995. The molecule has 0 atom stereocenters. The maximum absolute atomic E-state index is 5.45. The van der Waals surface area contributed by atoms with Crippen LogP contribution in [0.15, 0.2) is 194 Å². The van der Waals surface area contributed by atoms with E-state index in [9.17, 15) is 0 Å². The molecule has 0 radical (unpaired) electrons. The fourth-order valence-corrected chi connectivity index (χ4v) is 9.82. The zero-order valence-corrected chi connectivity index (χ0v) is 31.5. The van der Waals surface area contributed by atoms with Gasteiger partial charge in [0.1, 0.15) is 0 Å². The van der Waals surface area contributed by atoms with Crippen LogP contribution in [0.2, 0.25) is 0 Å². The minimum Gasteiger partial charge on any atom is -0.307 e. The minimum atomic E-state index is 0.633. The van der Waals surface area contributed by atoms with Crippen LogP contribution in [0.5, 0.6) is 0 Å². The van der Waals surface area contributed by atoms with Crippen molar-refractivity contribution in [1.82, 2.24) is 19.1 Å². The average Bonchev–Trinajstić information content (AvgIpc) is 3.94. The van der Waals surface area contributed by atoms with E-state index in [0.717, 1.165) is 61.0 Å². The van der Waals surface area contributed by atoms with E-state index in [2.05, 4.69) is 197 Å². The molecule has 4 nitrogen and oxygen atoms in total. The van der Waals surface area contributed by atoms with E-state index >= 15 is 0 Å². The van der Waals surface area contributed by atoms with Crippen LogP contribution in [0.1, 0.15) is 0 Å².